The smallest absolute Gasteiger partial charge is 0.229 e. The Morgan fingerprint density at radius 2 is 1.15 bits per heavy atom. The van der Waals surface area contributed by atoms with E-state index in [2.05, 4.69) is 141 Å². The molecule has 0 aliphatic heterocycles. The molecule has 0 unspecified atom stereocenters. The molecule has 0 N–H and O–H groups in total. The van der Waals surface area contributed by atoms with Crippen LogP contribution in [0, 0.1) is 27.7 Å². The number of aromatic nitrogens is 2. The molecule has 2 aromatic heterocycles. The van der Waals surface area contributed by atoms with Gasteiger partial charge in [0, 0.05) is 28.5 Å². The summed E-state index contributed by atoms with van der Waals surface area (Å²) in [6.07, 6.45) is 2.21. The van der Waals surface area contributed by atoms with Crippen LogP contribution in [0.15, 0.2) is 97.2 Å². The van der Waals surface area contributed by atoms with E-state index in [0.717, 1.165) is 0 Å². The van der Waals surface area contributed by atoms with Gasteiger partial charge in [-0.15, -0.1) is 0 Å². The van der Waals surface area contributed by atoms with Gasteiger partial charge in [0.2, 0.25) is 5.69 Å². The lowest BCUT2D eigenvalue weighted by Gasteiger charge is -2.21. The third-order valence-electron chi connectivity index (χ3n) is 6.97. The van der Waals surface area contributed by atoms with Gasteiger partial charge in [0.05, 0.1) is 5.69 Å². The Kier molecular flexibility index (Phi) is 5.67. The van der Waals surface area contributed by atoms with E-state index in [1.807, 2.05) is 0 Å². The maximum atomic E-state index is 2.49. The van der Waals surface area contributed by atoms with Crippen LogP contribution in [0.3, 0.4) is 0 Å². The first-order valence-electron chi connectivity index (χ1n) is 11.9. The third kappa shape index (κ3) is 3.66. The highest BCUT2D eigenvalue weighted by Gasteiger charge is 2.26. The van der Waals surface area contributed by atoms with Gasteiger partial charge in [0.1, 0.15) is 12.7 Å². The zero-order valence-corrected chi connectivity index (χ0v) is 20.6. The molecule has 0 bridgehead atoms. The van der Waals surface area contributed by atoms with Crippen molar-refractivity contribution in [3.63, 3.8) is 0 Å². The summed E-state index contributed by atoms with van der Waals surface area (Å²) in [5.41, 5.74) is 13.8. The first-order chi connectivity index (χ1) is 16.5. The molecule has 2 heterocycles. The molecular weight excluding hydrogens is 412 g/mol. The topological polar surface area (TPSA) is 8.81 Å². The van der Waals surface area contributed by atoms with E-state index < -0.39 is 0 Å². The van der Waals surface area contributed by atoms with E-state index >= 15 is 0 Å². The van der Waals surface area contributed by atoms with Gasteiger partial charge in [-0.3, -0.25) is 0 Å². The van der Waals surface area contributed by atoms with E-state index in [9.17, 15) is 0 Å². The van der Waals surface area contributed by atoms with Gasteiger partial charge >= 0.3 is 0 Å². The molecule has 0 radical (unpaired) electrons. The van der Waals surface area contributed by atoms with Crippen LogP contribution in [-0.2, 0) is 7.05 Å². The molecule has 0 spiro atoms. The average molecular weight is 444 g/mol. The predicted molar refractivity (Wildman–Crippen MR) is 142 cm³/mol. The largest absolute Gasteiger partial charge is 0.307 e. The Balaban J connectivity index is 1.93. The lowest BCUT2D eigenvalue weighted by molar-refractivity contribution is -0.660. The fraction of sp³-hybridized carbons (Fsp3) is 0.156. The summed E-state index contributed by atoms with van der Waals surface area (Å²) in [4.78, 5) is 0. The zero-order chi connectivity index (χ0) is 23.8. The zero-order valence-electron chi connectivity index (χ0n) is 20.6. The number of rotatable bonds is 4. The van der Waals surface area contributed by atoms with Crippen molar-refractivity contribution in [2.45, 2.75) is 27.7 Å². The molecule has 3 aromatic carbocycles. The minimum Gasteiger partial charge on any atom is -0.307 e. The SMILES string of the molecule is Cc1ccc(-c2c(C)c(C)c(C)n2-c2c(-c3ccccc3)cccc2-c2ccccc2)[n+](C)c1. The summed E-state index contributed by atoms with van der Waals surface area (Å²) < 4.78 is 4.74. The Morgan fingerprint density at radius 3 is 1.68 bits per heavy atom. The van der Waals surface area contributed by atoms with Crippen molar-refractivity contribution in [3.8, 4) is 39.3 Å². The molecule has 0 fully saturated rings. The summed E-state index contributed by atoms with van der Waals surface area (Å²) in [6, 6.07) is 32.6. The van der Waals surface area contributed by atoms with Crippen molar-refractivity contribution in [1.29, 1.82) is 0 Å². The number of nitrogens with zero attached hydrogens (tertiary/aromatic N) is 2. The van der Waals surface area contributed by atoms with Gasteiger partial charge in [-0.05, 0) is 56.0 Å². The van der Waals surface area contributed by atoms with Crippen molar-refractivity contribution in [2.24, 2.45) is 7.05 Å². The summed E-state index contributed by atoms with van der Waals surface area (Å²) in [7, 11) is 2.14. The molecule has 168 valence electrons. The normalized spacial score (nSPS) is 11.1. The third-order valence-corrected chi connectivity index (χ3v) is 6.97. The van der Waals surface area contributed by atoms with Crippen LogP contribution < -0.4 is 4.57 Å². The first-order valence-corrected chi connectivity index (χ1v) is 11.9. The minimum absolute atomic E-state index is 1.21. The van der Waals surface area contributed by atoms with Gasteiger partial charge in [-0.2, -0.15) is 4.57 Å². The second-order valence-electron chi connectivity index (χ2n) is 9.16. The molecule has 0 aliphatic rings. The van der Waals surface area contributed by atoms with E-state index in [1.165, 1.54) is 61.7 Å². The van der Waals surface area contributed by atoms with Gasteiger partial charge in [-0.1, -0.05) is 78.9 Å². The lowest BCUT2D eigenvalue weighted by Crippen LogP contribution is -2.31. The molecule has 5 aromatic rings. The van der Waals surface area contributed by atoms with Crippen molar-refractivity contribution >= 4 is 0 Å². The Hall–Kier alpha value is -3.91. The second kappa shape index (κ2) is 8.79. The molecular formula is C32H31N2+. The first kappa shape index (κ1) is 21.9. The maximum absolute atomic E-state index is 2.49. The van der Waals surface area contributed by atoms with Gasteiger partial charge in [0.15, 0.2) is 6.20 Å². The molecule has 0 atom stereocenters. The second-order valence-corrected chi connectivity index (χ2v) is 9.16. The van der Waals surface area contributed by atoms with Crippen LogP contribution in [0.2, 0.25) is 0 Å². The van der Waals surface area contributed by atoms with E-state index in [4.69, 9.17) is 0 Å². The number of hydrogen-bond donors (Lipinski definition) is 0. The Bertz CT molecular complexity index is 1420. The number of benzene rings is 3. The number of para-hydroxylation sites is 1. The predicted octanol–water partition coefficient (Wildman–Crippen LogP) is 7.54. The summed E-state index contributed by atoms with van der Waals surface area (Å²) >= 11 is 0. The highest BCUT2D eigenvalue weighted by Crippen LogP contribution is 2.41. The summed E-state index contributed by atoms with van der Waals surface area (Å²) in [6.45, 7) is 8.88. The van der Waals surface area contributed by atoms with Crippen LogP contribution in [0.25, 0.3) is 39.3 Å². The van der Waals surface area contributed by atoms with Crippen molar-refractivity contribution in [2.75, 3.05) is 0 Å². The standard InChI is InChI=1S/C32H31N2/c1-22-19-20-30(33(5)21-22)31-24(3)23(2)25(4)34(31)32-28(26-13-8-6-9-14-26)17-12-18-29(32)27-15-10-7-11-16-27/h6-21H,1-5H3/q+1. The quantitative estimate of drug-likeness (QED) is 0.254. The van der Waals surface area contributed by atoms with E-state index in [0.29, 0.717) is 0 Å². The van der Waals surface area contributed by atoms with E-state index in [1.54, 1.807) is 0 Å². The molecule has 0 amide bonds. The molecule has 0 aliphatic carbocycles. The molecule has 2 nitrogen and oxygen atoms in total. The summed E-state index contributed by atoms with van der Waals surface area (Å²) in [5, 5.41) is 0. The highest BCUT2D eigenvalue weighted by molar-refractivity contribution is 5.87. The number of aryl methyl sites for hydroxylation is 2. The van der Waals surface area contributed by atoms with Crippen molar-refractivity contribution in [1.82, 2.24) is 4.57 Å². The van der Waals surface area contributed by atoms with E-state index in [-0.39, 0.29) is 0 Å². The fourth-order valence-corrected chi connectivity index (χ4v) is 5.02. The number of hydrogen-bond acceptors (Lipinski definition) is 0. The van der Waals surface area contributed by atoms with Crippen LogP contribution in [0.4, 0.5) is 0 Å². The Labute approximate surface area is 202 Å². The monoisotopic (exact) mass is 443 g/mol. The molecule has 34 heavy (non-hydrogen) atoms. The number of pyridine rings is 1. The van der Waals surface area contributed by atoms with Crippen molar-refractivity contribution < 1.29 is 4.57 Å². The lowest BCUT2D eigenvalue weighted by atomic mass is 9.95. The molecule has 0 saturated carbocycles. The highest BCUT2D eigenvalue weighted by atomic mass is 15.0. The van der Waals surface area contributed by atoms with Crippen LogP contribution >= 0.6 is 0 Å². The average Bonchev–Trinajstić information content (AvgIpc) is 3.08. The molecule has 5 rings (SSSR count). The maximum Gasteiger partial charge on any atom is 0.229 e. The Morgan fingerprint density at radius 1 is 0.588 bits per heavy atom. The van der Waals surface area contributed by atoms with Gasteiger partial charge < -0.3 is 4.57 Å². The fourth-order valence-electron chi connectivity index (χ4n) is 5.02. The van der Waals surface area contributed by atoms with Gasteiger partial charge in [0.25, 0.3) is 0 Å². The summed E-state index contributed by atoms with van der Waals surface area (Å²) in [5.74, 6) is 0. The van der Waals surface area contributed by atoms with Crippen LogP contribution in [0.1, 0.15) is 22.4 Å². The van der Waals surface area contributed by atoms with Crippen LogP contribution in [0.5, 0.6) is 0 Å². The molecule has 0 saturated heterocycles. The van der Waals surface area contributed by atoms with Crippen molar-refractivity contribution in [3.05, 3.63) is 120 Å². The van der Waals surface area contributed by atoms with Gasteiger partial charge in [-0.25, -0.2) is 0 Å². The molecule has 2 heteroatoms. The minimum atomic E-state index is 1.21. The van der Waals surface area contributed by atoms with Crippen LogP contribution in [-0.4, -0.2) is 4.57 Å².